The van der Waals surface area contributed by atoms with Gasteiger partial charge in [0.15, 0.2) is 0 Å². The van der Waals surface area contributed by atoms with E-state index >= 15 is 0 Å². The van der Waals surface area contributed by atoms with Gasteiger partial charge in [0.25, 0.3) is 12.3 Å². The fraction of sp³-hybridized carbons (Fsp3) is 0.333. The number of nitrogens with zero attached hydrogens (tertiary/aromatic N) is 5. The molecule has 23 heavy (non-hydrogen) atoms. The van der Waals surface area contributed by atoms with Gasteiger partial charge in [0.1, 0.15) is 5.69 Å². The number of aromatic nitrogens is 3. The molecule has 0 aromatic carbocycles. The number of hydrogen-bond donors (Lipinski definition) is 0. The topological polar surface area (TPSA) is 74.8 Å². The number of pyridine rings is 1. The second-order valence-corrected chi connectivity index (χ2v) is 4.86. The number of alkyl halides is 2. The summed E-state index contributed by atoms with van der Waals surface area (Å²) in [6.07, 6.45) is 1.62. The average Bonchev–Trinajstić information content (AvgIpc) is 2.93. The van der Waals surface area contributed by atoms with Crippen LogP contribution in [0.15, 0.2) is 30.7 Å². The van der Waals surface area contributed by atoms with Crippen LogP contribution < -0.4 is 0 Å². The van der Waals surface area contributed by atoms with E-state index in [9.17, 15) is 13.6 Å². The summed E-state index contributed by atoms with van der Waals surface area (Å²) in [5, 5.41) is 12.5. The molecule has 120 valence electrons. The third kappa shape index (κ3) is 3.88. The van der Waals surface area contributed by atoms with Crippen molar-refractivity contribution in [3.8, 4) is 6.07 Å². The van der Waals surface area contributed by atoms with Gasteiger partial charge in [-0.2, -0.15) is 10.4 Å². The molecule has 2 aromatic rings. The van der Waals surface area contributed by atoms with Gasteiger partial charge in [-0.25, -0.2) is 8.78 Å². The second kappa shape index (κ2) is 7.45. The normalized spacial score (nSPS) is 10.6. The van der Waals surface area contributed by atoms with Gasteiger partial charge in [0.05, 0.1) is 24.3 Å². The Morgan fingerprint density at radius 2 is 2.26 bits per heavy atom. The predicted molar refractivity (Wildman–Crippen MR) is 77.4 cm³/mol. The second-order valence-electron chi connectivity index (χ2n) is 4.86. The standard InChI is InChI=1S/C15H15F2N5O/c1-21-13(14(16)17)12(9-20-21)15(23)22(7-3-5-18)10-11-4-2-6-19-8-11/h2,4,6,8-9,14H,3,7,10H2,1H3. The van der Waals surface area contributed by atoms with Crippen LogP contribution in [0.1, 0.15) is 34.5 Å². The molecule has 0 saturated heterocycles. The number of halogens is 2. The van der Waals surface area contributed by atoms with Crippen LogP contribution in [0.2, 0.25) is 0 Å². The Labute approximate surface area is 132 Å². The zero-order valence-electron chi connectivity index (χ0n) is 12.5. The van der Waals surface area contributed by atoms with Gasteiger partial charge in [-0.15, -0.1) is 0 Å². The summed E-state index contributed by atoms with van der Waals surface area (Å²) in [7, 11) is 1.36. The van der Waals surface area contributed by atoms with Crippen molar-refractivity contribution in [1.82, 2.24) is 19.7 Å². The highest BCUT2D eigenvalue weighted by atomic mass is 19.3. The first-order valence-corrected chi connectivity index (χ1v) is 6.89. The molecule has 0 unspecified atom stereocenters. The molecule has 0 N–H and O–H groups in total. The van der Waals surface area contributed by atoms with Crippen LogP contribution in [-0.2, 0) is 13.6 Å². The largest absolute Gasteiger partial charge is 0.333 e. The summed E-state index contributed by atoms with van der Waals surface area (Å²) in [5.41, 5.74) is 0.175. The van der Waals surface area contributed by atoms with E-state index in [1.165, 1.54) is 11.9 Å². The number of amides is 1. The lowest BCUT2D eigenvalue weighted by atomic mass is 10.2. The van der Waals surface area contributed by atoms with Crippen molar-refractivity contribution >= 4 is 5.91 Å². The van der Waals surface area contributed by atoms with Crippen LogP contribution in [0.3, 0.4) is 0 Å². The number of carbonyl (C=O) groups excluding carboxylic acids is 1. The van der Waals surface area contributed by atoms with Crippen molar-refractivity contribution in [2.45, 2.75) is 19.4 Å². The van der Waals surface area contributed by atoms with Gasteiger partial charge >= 0.3 is 0 Å². The SMILES string of the molecule is Cn1ncc(C(=O)N(CCC#N)Cc2cccnc2)c1C(F)F. The van der Waals surface area contributed by atoms with Crippen LogP contribution >= 0.6 is 0 Å². The van der Waals surface area contributed by atoms with E-state index < -0.39 is 18.0 Å². The maximum atomic E-state index is 13.1. The maximum absolute atomic E-state index is 13.1. The molecule has 0 radical (unpaired) electrons. The summed E-state index contributed by atoms with van der Waals surface area (Å²) >= 11 is 0. The van der Waals surface area contributed by atoms with Crippen LogP contribution in [-0.4, -0.2) is 32.1 Å². The molecule has 0 aliphatic heterocycles. The molecular weight excluding hydrogens is 304 g/mol. The Morgan fingerprint density at radius 1 is 1.48 bits per heavy atom. The Hall–Kier alpha value is -2.82. The first kappa shape index (κ1) is 16.5. The number of nitriles is 1. The summed E-state index contributed by atoms with van der Waals surface area (Å²) < 4.78 is 27.3. The van der Waals surface area contributed by atoms with Crippen LogP contribution in [0, 0.1) is 11.3 Å². The number of aryl methyl sites for hydroxylation is 1. The molecule has 0 atom stereocenters. The quantitative estimate of drug-likeness (QED) is 0.819. The summed E-state index contributed by atoms with van der Waals surface area (Å²) in [4.78, 5) is 17.9. The van der Waals surface area contributed by atoms with Crippen molar-refractivity contribution in [3.05, 3.63) is 47.5 Å². The van der Waals surface area contributed by atoms with E-state index in [-0.39, 0.29) is 25.1 Å². The molecule has 0 aliphatic carbocycles. The van der Waals surface area contributed by atoms with E-state index in [2.05, 4.69) is 10.1 Å². The highest BCUT2D eigenvalue weighted by Gasteiger charge is 2.26. The summed E-state index contributed by atoms with van der Waals surface area (Å²) in [6, 6.07) is 5.45. The molecule has 2 heterocycles. The first-order chi connectivity index (χ1) is 11.0. The third-order valence-electron chi connectivity index (χ3n) is 3.30. The van der Waals surface area contributed by atoms with Gasteiger partial charge in [-0.05, 0) is 11.6 Å². The minimum absolute atomic E-state index is 0.107. The van der Waals surface area contributed by atoms with E-state index in [4.69, 9.17) is 5.26 Å². The van der Waals surface area contributed by atoms with Gasteiger partial charge < -0.3 is 4.90 Å². The Bertz CT molecular complexity index is 708. The third-order valence-corrected chi connectivity index (χ3v) is 3.30. The van der Waals surface area contributed by atoms with Gasteiger partial charge in [0, 0.05) is 32.5 Å². The first-order valence-electron chi connectivity index (χ1n) is 6.89. The molecule has 0 fully saturated rings. The van der Waals surface area contributed by atoms with E-state index in [1.807, 2.05) is 6.07 Å². The number of hydrogen-bond acceptors (Lipinski definition) is 4. The lowest BCUT2D eigenvalue weighted by Crippen LogP contribution is -2.32. The van der Waals surface area contributed by atoms with E-state index in [0.717, 1.165) is 16.4 Å². The number of carbonyl (C=O) groups is 1. The zero-order chi connectivity index (χ0) is 16.8. The minimum Gasteiger partial charge on any atom is -0.333 e. The fourth-order valence-corrected chi connectivity index (χ4v) is 2.19. The minimum atomic E-state index is -2.81. The smallest absolute Gasteiger partial charge is 0.280 e. The molecular formula is C15H15F2N5O. The van der Waals surface area contributed by atoms with Crippen LogP contribution in [0.4, 0.5) is 8.78 Å². The Morgan fingerprint density at radius 3 is 2.87 bits per heavy atom. The molecule has 6 nitrogen and oxygen atoms in total. The molecule has 2 aromatic heterocycles. The van der Waals surface area contributed by atoms with Gasteiger partial charge in [-0.3, -0.25) is 14.5 Å². The lowest BCUT2D eigenvalue weighted by molar-refractivity contribution is 0.0732. The zero-order valence-corrected chi connectivity index (χ0v) is 12.5. The molecule has 2 rings (SSSR count). The molecule has 0 aliphatic rings. The predicted octanol–water partition coefficient (Wildman–Crippen LogP) is 2.31. The molecule has 8 heteroatoms. The Balaban J connectivity index is 2.28. The summed E-state index contributed by atoms with van der Waals surface area (Å²) in [6.45, 7) is 0.327. The van der Waals surface area contributed by atoms with Crippen molar-refractivity contribution in [1.29, 1.82) is 5.26 Å². The molecule has 0 spiro atoms. The van der Waals surface area contributed by atoms with E-state index in [1.54, 1.807) is 24.5 Å². The monoisotopic (exact) mass is 319 g/mol. The van der Waals surface area contributed by atoms with Crippen molar-refractivity contribution in [2.75, 3.05) is 6.54 Å². The highest BCUT2D eigenvalue weighted by molar-refractivity contribution is 5.95. The van der Waals surface area contributed by atoms with Crippen molar-refractivity contribution in [2.24, 2.45) is 7.05 Å². The highest BCUT2D eigenvalue weighted by Crippen LogP contribution is 2.23. The summed E-state index contributed by atoms with van der Waals surface area (Å²) in [5.74, 6) is -0.576. The average molecular weight is 319 g/mol. The van der Waals surface area contributed by atoms with Crippen molar-refractivity contribution < 1.29 is 13.6 Å². The Kier molecular flexibility index (Phi) is 5.36. The number of rotatable bonds is 6. The van der Waals surface area contributed by atoms with Crippen LogP contribution in [0.5, 0.6) is 0 Å². The molecule has 0 saturated carbocycles. The van der Waals surface area contributed by atoms with Gasteiger partial charge in [0.2, 0.25) is 0 Å². The van der Waals surface area contributed by atoms with Gasteiger partial charge in [-0.1, -0.05) is 6.07 Å². The van der Waals surface area contributed by atoms with E-state index in [0.29, 0.717) is 0 Å². The maximum Gasteiger partial charge on any atom is 0.280 e. The molecule has 0 bridgehead atoms. The molecule has 1 amide bonds. The van der Waals surface area contributed by atoms with Crippen molar-refractivity contribution in [3.63, 3.8) is 0 Å². The fourth-order valence-electron chi connectivity index (χ4n) is 2.19. The van der Waals surface area contributed by atoms with Crippen LogP contribution in [0.25, 0.3) is 0 Å². The lowest BCUT2D eigenvalue weighted by Gasteiger charge is -2.21.